The smallest absolute Gasteiger partial charge is 0.312 e. The van der Waals surface area contributed by atoms with Crippen LogP contribution < -0.4 is 11.1 Å². The summed E-state index contributed by atoms with van der Waals surface area (Å²) in [6.45, 7) is 1.44. The van der Waals surface area contributed by atoms with E-state index in [0.717, 1.165) is 12.8 Å². The Hall–Kier alpha value is -1.89. The molecule has 120 valence electrons. The first-order chi connectivity index (χ1) is 10.3. The number of hydrogen-bond donors (Lipinski definition) is 2. The van der Waals surface area contributed by atoms with Gasteiger partial charge in [-0.3, -0.25) is 4.79 Å². The van der Waals surface area contributed by atoms with E-state index in [9.17, 15) is 18.0 Å². The lowest BCUT2D eigenvalue weighted by atomic mass is 9.95. The standard InChI is InChI=1S/C15H20N2O4S/c1-10(18)11-5-7-13(8-6-11)22(20,21)14-4-2-3-12(9-14)17-15(16)19/h5-8,12,14H,2-4,9H2,1H3,(H3,16,17,19). The normalized spacial score (nSPS) is 22.0. The van der Waals surface area contributed by atoms with Crippen LogP contribution >= 0.6 is 0 Å². The maximum absolute atomic E-state index is 12.7. The molecule has 1 aliphatic carbocycles. The fraction of sp³-hybridized carbons (Fsp3) is 0.467. The molecule has 3 N–H and O–H groups in total. The van der Waals surface area contributed by atoms with E-state index in [1.165, 1.54) is 31.2 Å². The van der Waals surface area contributed by atoms with Gasteiger partial charge in [-0.05, 0) is 38.3 Å². The van der Waals surface area contributed by atoms with Crippen molar-refractivity contribution in [1.29, 1.82) is 0 Å². The predicted molar refractivity (Wildman–Crippen MR) is 82.4 cm³/mol. The number of nitrogens with one attached hydrogen (secondary N) is 1. The van der Waals surface area contributed by atoms with E-state index in [1.807, 2.05) is 0 Å². The Labute approximate surface area is 130 Å². The number of carbonyl (C=O) groups excluding carboxylic acids is 2. The second-order valence-electron chi connectivity index (χ2n) is 5.62. The SMILES string of the molecule is CC(=O)c1ccc(S(=O)(=O)C2CCCC(NC(N)=O)C2)cc1. The Morgan fingerprint density at radius 2 is 1.82 bits per heavy atom. The number of benzene rings is 1. The van der Waals surface area contributed by atoms with Gasteiger partial charge in [-0.15, -0.1) is 0 Å². The summed E-state index contributed by atoms with van der Waals surface area (Å²) in [6.07, 6.45) is 2.38. The van der Waals surface area contributed by atoms with Gasteiger partial charge in [0, 0.05) is 11.6 Å². The van der Waals surface area contributed by atoms with E-state index in [0.29, 0.717) is 18.4 Å². The first kappa shape index (κ1) is 16.5. The average Bonchev–Trinajstić information content (AvgIpc) is 2.47. The molecule has 7 heteroatoms. The molecule has 0 bridgehead atoms. The molecule has 0 spiro atoms. The molecule has 2 atom stereocenters. The molecular weight excluding hydrogens is 304 g/mol. The Kier molecular flexibility index (Phi) is 4.85. The summed E-state index contributed by atoms with van der Waals surface area (Å²) in [5.41, 5.74) is 5.58. The van der Waals surface area contributed by atoms with Gasteiger partial charge >= 0.3 is 6.03 Å². The summed E-state index contributed by atoms with van der Waals surface area (Å²) in [6, 6.07) is 5.15. The Morgan fingerprint density at radius 3 is 2.36 bits per heavy atom. The number of urea groups is 1. The molecule has 1 aromatic rings. The van der Waals surface area contributed by atoms with Crippen molar-refractivity contribution in [2.45, 2.75) is 48.8 Å². The molecule has 6 nitrogen and oxygen atoms in total. The van der Waals surface area contributed by atoms with Crippen LogP contribution in [0.4, 0.5) is 4.79 Å². The third-order valence-corrected chi connectivity index (χ3v) is 6.24. The van der Waals surface area contributed by atoms with E-state index >= 15 is 0 Å². The van der Waals surface area contributed by atoms with Gasteiger partial charge in [-0.1, -0.05) is 18.6 Å². The van der Waals surface area contributed by atoms with Crippen LogP contribution in [0, 0.1) is 0 Å². The fourth-order valence-electron chi connectivity index (χ4n) is 2.83. The van der Waals surface area contributed by atoms with Gasteiger partial charge in [-0.25, -0.2) is 13.2 Å². The molecule has 1 fully saturated rings. The number of ketones is 1. The average molecular weight is 324 g/mol. The van der Waals surface area contributed by atoms with Crippen molar-refractivity contribution >= 4 is 21.7 Å². The Bertz CT molecular complexity index is 667. The molecule has 0 aromatic heterocycles. The molecule has 22 heavy (non-hydrogen) atoms. The van der Waals surface area contributed by atoms with E-state index in [-0.39, 0.29) is 16.7 Å². The number of nitrogens with two attached hydrogens (primary N) is 1. The highest BCUT2D eigenvalue weighted by molar-refractivity contribution is 7.92. The number of hydrogen-bond acceptors (Lipinski definition) is 4. The topological polar surface area (TPSA) is 106 Å². The van der Waals surface area contributed by atoms with E-state index < -0.39 is 21.1 Å². The summed E-state index contributed by atoms with van der Waals surface area (Å²) >= 11 is 0. The Morgan fingerprint density at radius 1 is 1.18 bits per heavy atom. The van der Waals surface area contributed by atoms with E-state index in [1.54, 1.807) is 0 Å². The monoisotopic (exact) mass is 324 g/mol. The summed E-state index contributed by atoms with van der Waals surface area (Å²) < 4.78 is 25.3. The number of primary amides is 1. The van der Waals surface area contributed by atoms with Gasteiger partial charge in [0.2, 0.25) is 0 Å². The molecule has 0 radical (unpaired) electrons. The highest BCUT2D eigenvalue weighted by Gasteiger charge is 2.33. The molecule has 2 unspecified atom stereocenters. The largest absolute Gasteiger partial charge is 0.352 e. The fourth-order valence-corrected chi connectivity index (χ4v) is 4.69. The maximum Gasteiger partial charge on any atom is 0.312 e. The summed E-state index contributed by atoms with van der Waals surface area (Å²) in [7, 11) is -3.48. The lowest BCUT2D eigenvalue weighted by molar-refractivity contribution is 0.101. The van der Waals surface area contributed by atoms with Crippen LogP contribution in [-0.2, 0) is 9.84 Å². The molecule has 1 aromatic carbocycles. The maximum atomic E-state index is 12.7. The van der Waals surface area contributed by atoms with Crippen molar-refractivity contribution in [1.82, 2.24) is 5.32 Å². The number of amides is 2. The van der Waals surface area contributed by atoms with Gasteiger partial charge in [0.05, 0.1) is 10.1 Å². The molecule has 0 heterocycles. The number of rotatable bonds is 4. The molecule has 2 rings (SSSR count). The van der Waals surface area contributed by atoms with Crippen molar-refractivity contribution in [3.05, 3.63) is 29.8 Å². The predicted octanol–water partition coefficient (Wildman–Crippen LogP) is 1.64. The molecular formula is C15H20N2O4S. The van der Waals surface area contributed by atoms with Crippen LogP contribution in [0.5, 0.6) is 0 Å². The van der Waals surface area contributed by atoms with Gasteiger partial charge < -0.3 is 11.1 Å². The number of sulfone groups is 1. The minimum absolute atomic E-state index is 0.104. The second kappa shape index (κ2) is 6.48. The minimum atomic E-state index is -3.48. The second-order valence-corrected chi connectivity index (χ2v) is 7.85. The zero-order chi connectivity index (χ0) is 16.3. The summed E-state index contributed by atoms with van der Waals surface area (Å²) in [4.78, 5) is 22.4. The van der Waals surface area contributed by atoms with Crippen molar-refractivity contribution < 1.29 is 18.0 Å². The van der Waals surface area contributed by atoms with Crippen LogP contribution in [0.15, 0.2) is 29.2 Å². The van der Waals surface area contributed by atoms with Crippen LogP contribution in [-0.4, -0.2) is 31.5 Å². The van der Waals surface area contributed by atoms with E-state index in [2.05, 4.69) is 5.32 Å². The molecule has 0 aliphatic heterocycles. The zero-order valence-corrected chi connectivity index (χ0v) is 13.2. The summed E-state index contributed by atoms with van der Waals surface area (Å²) in [5, 5.41) is 2.05. The number of carbonyl (C=O) groups is 2. The number of Topliss-reactive ketones (excluding diaryl/α,β-unsaturated/α-hetero) is 1. The van der Waals surface area contributed by atoms with Crippen LogP contribution in [0.2, 0.25) is 0 Å². The van der Waals surface area contributed by atoms with Gasteiger partial charge in [0.15, 0.2) is 15.6 Å². The molecule has 1 aliphatic rings. The lowest BCUT2D eigenvalue weighted by Crippen LogP contribution is -2.44. The Balaban J connectivity index is 2.18. The van der Waals surface area contributed by atoms with Gasteiger partial charge in [0.25, 0.3) is 0 Å². The highest BCUT2D eigenvalue weighted by Crippen LogP contribution is 2.29. The van der Waals surface area contributed by atoms with Crippen molar-refractivity contribution in [2.75, 3.05) is 0 Å². The van der Waals surface area contributed by atoms with Crippen molar-refractivity contribution in [3.63, 3.8) is 0 Å². The van der Waals surface area contributed by atoms with Gasteiger partial charge in [0.1, 0.15) is 0 Å². The summed E-state index contributed by atoms with van der Waals surface area (Å²) in [5.74, 6) is -0.104. The minimum Gasteiger partial charge on any atom is -0.352 e. The van der Waals surface area contributed by atoms with Crippen LogP contribution in [0.3, 0.4) is 0 Å². The van der Waals surface area contributed by atoms with E-state index in [4.69, 9.17) is 5.73 Å². The molecule has 1 saturated carbocycles. The first-order valence-electron chi connectivity index (χ1n) is 7.21. The molecule has 2 amide bonds. The first-order valence-corrected chi connectivity index (χ1v) is 8.76. The van der Waals surface area contributed by atoms with Crippen molar-refractivity contribution in [3.8, 4) is 0 Å². The quantitative estimate of drug-likeness (QED) is 0.821. The van der Waals surface area contributed by atoms with Crippen LogP contribution in [0.1, 0.15) is 43.0 Å². The van der Waals surface area contributed by atoms with Crippen molar-refractivity contribution in [2.24, 2.45) is 5.73 Å². The zero-order valence-electron chi connectivity index (χ0n) is 12.4. The third kappa shape index (κ3) is 3.65. The molecule has 0 saturated heterocycles. The highest BCUT2D eigenvalue weighted by atomic mass is 32.2. The third-order valence-electron chi connectivity index (χ3n) is 4.00. The van der Waals surface area contributed by atoms with Gasteiger partial charge in [-0.2, -0.15) is 0 Å². The van der Waals surface area contributed by atoms with Crippen LogP contribution in [0.25, 0.3) is 0 Å². The lowest BCUT2D eigenvalue weighted by Gasteiger charge is -2.29.